The quantitative estimate of drug-likeness (QED) is 0.0428. The third-order valence-corrected chi connectivity index (χ3v) is 11.0. The Balaban J connectivity index is 1.62. The van der Waals surface area contributed by atoms with Crippen molar-refractivity contribution in [2.75, 3.05) is 6.61 Å². The SMILES string of the molecule is CCCCCC(=O)OC\C(C#C[C@@]12O[C@]1(C)C[C@@H](O)CC2(C)C)=C/C=C/C(C)=C/C=C/C=C(C)/C=C/C=C(\C)CC=C1C(C)(C)C[C@H](OC(C)=O)C[C@@]1(C)O. The number of carbonyl (C=O) groups is 2. The van der Waals surface area contributed by atoms with Crippen molar-refractivity contribution in [2.24, 2.45) is 10.8 Å². The molecule has 302 valence electrons. The van der Waals surface area contributed by atoms with Crippen LogP contribution in [0.1, 0.15) is 134 Å². The Morgan fingerprint density at radius 2 is 1.49 bits per heavy atom. The van der Waals surface area contributed by atoms with E-state index in [0.29, 0.717) is 37.7 Å². The molecule has 55 heavy (non-hydrogen) atoms. The summed E-state index contributed by atoms with van der Waals surface area (Å²) in [5.41, 5.74) is 2.26. The lowest BCUT2D eigenvalue weighted by atomic mass is 9.63. The molecule has 2 aliphatic carbocycles. The third-order valence-electron chi connectivity index (χ3n) is 11.0. The Bertz CT molecular complexity index is 1680. The van der Waals surface area contributed by atoms with E-state index in [9.17, 15) is 19.8 Å². The van der Waals surface area contributed by atoms with E-state index in [2.05, 4.69) is 84.6 Å². The molecule has 3 rings (SSSR count). The molecule has 3 fully saturated rings. The van der Waals surface area contributed by atoms with E-state index in [1.54, 1.807) is 0 Å². The number of aliphatic hydroxyl groups excluding tert-OH is 1. The van der Waals surface area contributed by atoms with Crippen LogP contribution >= 0.6 is 0 Å². The molecule has 2 saturated carbocycles. The molecule has 0 aromatic heterocycles. The van der Waals surface area contributed by atoms with Crippen molar-refractivity contribution in [1.29, 1.82) is 0 Å². The standard InChI is InChI=1S/C48H68O7/c1-12-13-14-25-43(51)53-34-39(28-29-48-45(8,9)30-40(50)31-47(48,11)55-48)24-18-23-36(3)20-16-15-19-35(2)21-17-22-37(4)26-27-42-44(6,7)32-41(54-38(5)49)33-46(42,10)52/h15-24,27,40-41,50,52H,12-14,25-26,30-34H2,1-11H3/b16-15+,21-17+,23-18+,35-19+,36-20+,37-22+,39-24-,42-27?/t40-,41-,46+,47+,48-/m0/s1. The van der Waals surface area contributed by atoms with Crippen molar-refractivity contribution in [2.45, 2.75) is 163 Å². The lowest BCUT2D eigenvalue weighted by Gasteiger charge is -2.46. The number of aliphatic hydroxyl groups is 2. The first-order valence-electron chi connectivity index (χ1n) is 20.1. The van der Waals surface area contributed by atoms with Gasteiger partial charge in [-0.15, -0.1) is 0 Å². The molecule has 0 spiro atoms. The Hall–Kier alpha value is -3.70. The zero-order chi connectivity index (χ0) is 41.1. The zero-order valence-electron chi connectivity index (χ0n) is 35.5. The number of fused-ring (bicyclic) bond motifs is 1. The first-order valence-corrected chi connectivity index (χ1v) is 20.1. The maximum atomic E-state index is 12.4. The van der Waals surface area contributed by atoms with Crippen LogP contribution in [-0.2, 0) is 23.8 Å². The number of carbonyl (C=O) groups excluding carboxylic acids is 2. The number of hydrogen-bond donors (Lipinski definition) is 2. The highest BCUT2D eigenvalue weighted by Gasteiger charge is 2.75. The van der Waals surface area contributed by atoms with Crippen LogP contribution in [0.15, 0.2) is 94.7 Å². The van der Waals surface area contributed by atoms with Crippen molar-refractivity contribution in [1.82, 2.24) is 0 Å². The molecule has 7 nitrogen and oxygen atoms in total. The minimum absolute atomic E-state index is 0.102. The molecular weight excluding hydrogens is 689 g/mol. The summed E-state index contributed by atoms with van der Waals surface area (Å²) in [7, 11) is 0. The number of esters is 2. The molecule has 0 radical (unpaired) electrons. The molecule has 0 aromatic carbocycles. The van der Waals surface area contributed by atoms with Gasteiger partial charge in [-0.05, 0) is 77.4 Å². The zero-order valence-corrected chi connectivity index (χ0v) is 35.5. The molecule has 5 atom stereocenters. The van der Waals surface area contributed by atoms with Crippen LogP contribution in [0.3, 0.4) is 0 Å². The van der Waals surface area contributed by atoms with Gasteiger partial charge in [0.05, 0.1) is 11.7 Å². The number of rotatable bonds is 15. The van der Waals surface area contributed by atoms with Crippen LogP contribution in [-0.4, -0.2) is 57.8 Å². The molecular formula is C48H68O7. The van der Waals surface area contributed by atoms with Gasteiger partial charge in [0.2, 0.25) is 0 Å². The number of epoxide rings is 1. The van der Waals surface area contributed by atoms with E-state index in [0.717, 1.165) is 42.4 Å². The number of unbranched alkanes of at least 4 members (excludes halogenated alkanes) is 2. The normalized spacial score (nSPS) is 30.4. The third kappa shape index (κ3) is 13.2. The minimum Gasteiger partial charge on any atom is -0.462 e. The molecule has 1 saturated heterocycles. The van der Waals surface area contributed by atoms with Gasteiger partial charge in [-0.25, -0.2) is 0 Å². The number of allylic oxidation sites excluding steroid dienone is 14. The highest BCUT2D eigenvalue weighted by atomic mass is 16.6. The smallest absolute Gasteiger partial charge is 0.306 e. The minimum atomic E-state index is -1.03. The van der Waals surface area contributed by atoms with E-state index in [4.69, 9.17) is 14.2 Å². The Labute approximate surface area is 332 Å². The summed E-state index contributed by atoms with van der Waals surface area (Å²) < 4.78 is 17.3. The fraction of sp³-hybridized carbons (Fsp3) is 0.583. The van der Waals surface area contributed by atoms with Gasteiger partial charge < -0.3 is 24.4 Å². The Kier molecular flexibility index (Phi) is 16.1. The summed E-state index contributed by atoms with van der Waals surface area (Å²) in [4.78, 5) is 23.9. The highest BCUT2D eigenvalue weighted by Crippen LogP contribution is 2.65. The van der Waals surface area contributed by atoms with Crippen LogP contribution in [0.2, 0.25) is 0 Å². The molecule has 0 bridgehead atoms. The first kappa shape index (κ1) is 45.7. The van der Waals surface area contributed by atoms with Gasteiger partial charge in [0.25, 0.3) is 0 Å². The topological polar surface area (TPSA) is 106 Å². The van der Waals surface area contributed by atoms with Crippen molar-refractivity contribution >= 4 is 11.9 Å². The largest absolute Gasteiger partial charge is 0.462 e. The average molecular weight is 757 g/mol. The lowest BCUT2D eigenvalue weighted by molar-refractivity contribution is -0.152. The van der Waals surface area contributed by atoms with E-state index >= 15 is 0 Å². The van der Waals surface area contributed by atoms with Gasteiger partial charge in [0.1, 0.15) is 18.3 Å². The van der Waals surface area contributed by atoms with Crippen molar-refractivity contribution in [3.05, 3.63) is 94.7 Å². The van der Waals surface area contributed by atoms with Crippen molar-refractivity contribution < 1.29 is 34.0 Å². The summed E-state index contributed by atoms with van der Waals surface area (Å²) in [6.07, 6.45) is 27.8. The van der Waals surface area contributed by atoms with E-state index in [1.807, 2.05) is 63.3 Å². The van der Waals surface area contributed by atoms with E-state index in [1.165, 1.54) is 12.5 Å². The van der Waals surface area contributed by atoms with E-state index in [-0.39, 0.29) is 35.5 Å². The second kappa shape index (κ2) is 19.4. The fourth-order valence-electron chi connectivity index (χ4n) is 8.36. The number of ether oxygens (including phenoxy) is 3. The van der Waals surface area contributed by atoms with Crippen LogP contribution in [0.5, 0.6) is 0 Å². The second-order valence-corrected chi connectivity index (χ2v) is 17.6. The predicted molar refractivity (Wildman–Crippen MR) is 223 cm³/mol. The number of hydrogen-bond acceptors (Lipinski definition) is 7. The molecule has 0 unspecified atom stereocenters. The summed E-state index contributed by atoms with van der Waals surface area (Å²) in [5, 5.41) is 21.6. The Morgan fingerprint density at radius 1 is 0.855 bits per heavy atom. The molecule has 1 aliphatic heterocycles. The first-order chi connectivity index (χ1) is 25.6. The summed E-state index contributed by atoms with van der Waals surface area (Å²) >= 11 is 0. The highest BCUT2D eigenvalue weighted by molar-refractivity contribution is 5.69. The van der Waals surface area contributed by atoms with Crippen LogP contribution in [0.4, 0.5) is 0 Å². The van der Waals surface area contributed by atoms with E-state index < -0.39 is 22.9 Å². The van der Waals surface area contributed by atoms with Crippen LogP contribution in [0, 0.1) is 22.7 Å². The summed E-state index contributed by atoms with van der Waals surface area (Å²) in [6.45, 7) is 22.0. The fourth-order valence-corrected chi connectivity index (χ4v) is 8.36. The summed E-state index contributed by atoms with van der Waals surface area (Å²) in [5.74, 6) is 6.16. The van der Waals surface area contributed by atoms with Gasteiger partial charge in [-0.3, -0.25) is 9.59 Å². The molecule has 1 heterocycles. The molecule has 0 aromatic rings. The van der Waals surface area contributed by atoms with Gasteiger partial charge in [-0.2, -0.15) is 0 Å². The van der Waals surface area contributed by atoms with Crippen molar-refractivity contribution in [3.63, 3.8) is 0 Å². The van der Waals surface area contributed by atoms with Gasteiger partial charge in [-0.1, -0.05) is 137 Å². The second-order valence-electron chi connectivity index (χ2n) is 17.6. The van der Waals surface area contributed by atoms with Gasteiger partial charge in [0.15, 0.2) is 5.60 Å². The lowest BCUT2D eigenvalue weighted by Crippen LogP contribution is -2.46. The molecule has 2 N–H and O–H groups in total. The molecule has 7 heteroatoms. The van der Waals surface area contributed by atoms with Crippen LogP contribution in [0.25, 0.3) is 0 Å². The summed E-state index contributed by atoms with van der Waals surface area (Å²) in [6, 6.07) is 0. The molecule has 3 aliphatic rings. The van der Waals surface area contributed by atoms with Gasteiger partial charge in [0, 0.05) is 37.2 Å². The predicted octanol–water partition coefficient (Wildman–Crippen LogP) is 10.1. The average Bonchev–Trinajstić information content (AvgIpc) is 3.68. The maximum absolute atomic E-state index is 12.4. The Morgan fingerprint density at radius 3 is 2.07 bits per heavy atom. The van der Waals surface area contributed by atoms with Crippen LogP contribution < -0.4 is 0 Å². The van der Waals surface area contributed by atoms with Crippen molar-refractivity contribution in [3.8, 4) is 11.8 Å². The maximum Gasteiger partial charge on any atom is 0.306 e. The van der Waals surface area contributed by atoms with Gasteiger partial charge >= 0.3 is 11.9 Å². The monoisotopic (exact) mass is 756 g/mol. The molecule has 0 amide bonds.